The minimum absolute atomic E-state index is 0.143. The van der Waals surface area contributed by atoms with Crippen LogP contribution in [0.15, 0.2) is 141 Å². The first kappa shape index (κ1) is 24.0. The lowest BCUT2D eigenvalue weighted by molar-refractivity contribution is 0.0971. The Balaban J connectivity index is 1.54. The van der Waals surface area contributed by atoms with Gasteiger partial charge in [0, 0.05) is 10.9 Å². The molecule has 6 rings (SSSR count). The van der Waals surface area contributed by atoms with Crippen molar-refractivity contribution in [2.75, 3.05) is 0 Å². The lowest BCUT2D eigenvalue weighted by Crippen LogP contribution is -2.21. The zero-order chi connectivity index (χ0) is 26.8. The lowest BCUT2D eigenvalue weighted by Gasteiger charge is -2.18. The monoisotopic (exact) mass is 510 g/mol. The number of hydrogen-bond donors (Lipinski definition) is 1. The zero-order valence-electron chi connectivity index (χ0n) is 20.7. The molecule has 6 heteroatoms. The van der Waals surface area contributed by atoms with Gasteiger partial charge >= 0.3 is 5.63 Å². The largest absolute Gasteiger partial charge is 0.506 e. The fraction of sp³-hybridized carbons (Fsp3) is 0.0303. The molecule has 0 spiro atoms. The standard InChI is InChI=1S/C33H22N2O4/c36-31(23-14-5-2-6-15-23)28(22-12-3-1-4-13-22)30-32(37)29-26(19-10-20-27(29)39-33(30)38)35-34-25-18-9-16-21-11-7-8-17-24(21)25/h1-20,28,37H/b35-34+. The van der Waals surface area contributed by atoms with Gasteiger partial charge in [0.25, 0.3) is 0 Å². The van der Waals surface area contributed by atoms with E-state index >= 15 is 0 Å². The Bertz CT molecular complexity index is 1910. The summed E-state index contributed by atoms with van der Waals surface area (Å²) in [7, 11) is 0. The van der Waals surface area contributed by atoms with Crippen LogP contribution < -0.4 is 5.63 Å². The molecule has 5 aromatic carbocycles. The highest BCUT2D eigenvalue weighted by molar-refractivity contribution is 6.05. The van der Waals surface area contributed by atoms with Gasteiger partial charge in [-0.15, -0.1) is 10.2 Å². The van der Waals surface area contributed by atoms with E-state index in [1.54, 1.807) is 66.7 Å². The number of carbonyl (C=O) groups excluding carboxylic acids is 1. The number of azo groups is 1. The molecule has 0 saturated carbocycles. The molecule has 6 nitrogen and oxygen atoms in total. The maximum Gasteiger partial charge on any atom is 0.344 e. The van der Waals surface area contributed by atoms with E-state index in [-0.39, 0.29) is 28.1 Å². The van der Waals surface area contributed by atoms with Crippen molar-refractivity contribution in [3.63, 3.8) is 0 Å². The Morgan fingerprint density at radius 2 is 1.31 bits per heavy atom. The molecule has 1 heterocycles. The Hall–Kier alpha value is -5.36. The third-order valence-corrected chi connectivity index (χ3v) is 6.69. The molecule has 1 aromatic heterocycles. The summed E-state index contributed by atoms with van der Waals surface area (Å²) < 4.78 is 5.66. The molecule has 0 fully saturated rings. The zero-order valence-corrected chi connectivity index (χ0v) is 20.7. The Kier molecular flexibility index (Phi) is 6.27. The maximum absolute atomic E-state index is 13.8. The number of aromatic hydroxyl groups is 1. The van der Waals surface area contributed by atoms with Gasteiger partial charge in [-0.1, -0.05) is 103 Å². The van der Waals surface area contributed by atoms with Crippen molar-refractivity contribution in [3.8, 4) is 5.75 Å². The number of Topliss-reactive ketones (excluding diaryl/α,β-unsaturated/α-hetero) is 1. The number of carbonyl (C=O) groups is 1. The summed E-state index contributed by atoms with van der Waals surface area (Å²) in [5, 5.41) is 22.7. The molecule has 1 unspecified atom stereocenters. The summed E-state index contributed by atoms with van der Waals surface area (Å²) in [6.45, 7) is 0. The van der Waals surface area contributed by atoms with Gasteiger partial charge in [-0.25, -0.2) is 4.79 Å². The van der Waals surface area contributed by atoms with Crippen LogP contribution >= 0.6 is 0 Å². The van der Waals surface area contributed by atoms with E-state index in [1.165, 1.54) is 0 Å². The van der Waals surface area contributed by atoms with E-state index in [1.807, 2.05) is 54.6 Å². The topological polar surface area (TPSA) is 92.2 Å². The molecule has 39 heavy (non-hydrogen) atoms. The van der Waals surface area contributed by atoms with Crippen LogP contribution in [0.25, 0.3) is 21.7 Å². The fourth-order valence-corrected chi connectivity index (χ4v) is 4.83. The maximum atomic E-state index is 13.8. The third kappa shape index (κ3) is 4.49. The lowest BCUT2D eigenvalue weighted by atomic mass is 9.84. The summed E-state index contributed by atoms with van der Waals surface area (Å²) >= 11 is 0. The Labute approximate surface area is 223 Å². The molecule has 1 N–H and O–H groups in total. The van der Waals surface area contributed by atoms with E-state index in [0.29, 0.717) is 22.5 Å². The summed E-state index contributed by atoms with van der Waals surface area (Å²) in [6, 6.07) is 36.1. The van der Waals surface area contributed by atoms with Gasteiger partial charge in [-0.2, -0.15) is 0 Å². The van der Waals surface area contributed by atoms with E-state index in [2.05, 4.69) is 10.2 Å². The molecule has 0 aliphatic heterocycles. The second kappa shape index (κ2) is 10.2. The van der Waals surface area contributed by atoms with Crippen LogP contribution in [0.3, 0.4) is 0 Å². The van der Waals surface area contributed by atoms with E-state index in [0.717, 1.165) is 10.8 Å². The van der Waals surface area contributed by atoms with Crippen molar-refractivity contribution in [3.05, 3.63) is 148 Å². The van der Waals surface area contributed by atoms with Crippen LogP contribution in [0.5, 0.6) is 5.75 Å². The summed E-state index contributed by atoms with van der Waals surface area (Å²) in [5.41, 5.74) is 1.15. The van der Waals surface area contributed by atoms with Crippen LogP contribution in [0.2, 0.25) is 0 Å². The smallest absolute Gasteiger partial charge is 0.344 e. The number of rotatable bonds is 6. The van der Waals surface area contributed by atoms with Gasteiger partial charge in [0.05, 0.1) is 22.6 Å². The van der Waals surface area contributed by atoms with Crippen molar-refractivity contribution >= 4 is 38.9 Å². The molecule has 0 amide bonds. The molecule has 0 aliphatic rings. The Morgan fingerprint density at radius 1 is 0.692 bits per heavy atom. The molecule has 1 atom stereocenters. The highest BCUT2D eigenvalue weighted by Gasteiger charge is 2.32. The number of nitrogens with zero attached hydrogens (tertiary/aromatic N) is 2. The van der Waals surface area contributed by atoms with Crippen molar-refractivity contribution in [1.29, 1.82) is 0 Å². The predicted molar refractivity (Wildman–Crippen MR) is 151 cm³/mol. The average Bonchev–Trinajstić information content (AvgIpc) is 2.98. The SMILES string of the molecule is O=C(c1ccccc1)C(c1ccccc1)c1c(O)c2c(/N=N/c3cccc4ccccc34)cccc2oc1=O. The van der Waals surface area contributed by atoms with Crippen molar-refractivity contribution in [2.45, 2.75) is 5.92 Å². The van der Waals surface area contributed by atoms with Crippen LogP contribution in [0.4, 0.5) is 11.4 Å². The first-order valence-electron chi connectivity index (χ1n) is 12.4. The highest BCUT2D eigenvalue weighted by Crippen LogP contribution is 2.41. The molecule has 6 aromatic rings. The van der Waals surface area contributed by atoms with Crippen LogP contribution in [0.1, 0.15) is 27.4 Å². The second-order valence-corrected chi connectivity index (χ2v) is 9.07. The van der Waals surface area contributed by atoms with Gasteiger partial charge < -0.3 is 9.52 Å². The van der Waals surface area contributed by atoms with Gasteiger partial charge in [0.15, 0.2) is 5.78 Å². The molecule has 188 valence electrons. The van der Waals surface area contributed by atoms with Crippen molar-refractivity contribution in [1.82, 2.24) is 0 Å². The molecular weight excluding hydrogens is 488 g/mol. The number of hydrogen-bond acceptors (Lipinski definition) is 6. The van der Waals surface area contributed by atoms with Crippen molar-refractivity contribution in [2.24, 2.45) is 10.2 Å². The number of ketones is 1. The van der Waals surface area contributed by atoms with Gasteiger partial charge in [-0.05, 0) is 29.1 Å². The summed E-state index contributed by atoms with van der Waals surface area (Å²) in [6.07, 6.45) is 0. The third-order valence-electron chi connectivity index (χ3n) is 6.69. The van der Waals surface area contributed by atoms with Gasteiger partial charge in [-0.3, -0.25) is 4.79 Å². The molecular formula is C33H22N2O4. The van der Waals surface area contributed by atoms with Crippen LogP contribution in [-0.2, 0) is 0 Å². The molecule has 0 radical (unpaired) electrons. The predicted octanol–water partition coefficient (Wildman–Crippen LogP) is 8.08. The normalized spacial score (nSPS) is 12.2. The molecule has 0 aliphatic carbocycles. The summed E-state index contributed by atoms with van der Waals surface area (Å²) in [5.74, 6) is -1.78. The number of benzene rings is 5. The Morgan fingerprint density at radius 3 is 2.10 bits per heavy atom. The van der Waals surface area contributed by atoms with Crippen LogP contribution in [0, 0.1) is 0 Å². The quantitative estimate of drug-likeness (QED) is 0.139. The van der Waals surface area contributed by atoms with Gasteiger partial charge in [0.2, 0.25) is 0 Å². The first-order chi connectivity index (χ1) is 19.1. The minimum atomic E-state index is -1.09. The van der Waals surface area contributed by atoms with Crippen LogP contribution in [-0.4, -0.2) is 10.9 Å². The first-order valence-corrected chi connectivity index (χ1v) is 12.4. The van der Waals surface area contributed by atoms with Gasteiger partial charge in [0.1, 0.15) is 17.0 Å². The summed E-state index contributed by atoms with van der Waals surface area (Å²) in [4.78, 5) is 27.1. The second-order valence-electron chi connectivity index (χ2n) is 9.07. The highest BCUT2D eigenvalue weighted by atomic mass is 16.4. The molecule has 0 bridgehead atoms. The minimum Gasteiger partial charge on any atom is -0.506 e. The number of fused-ring (bicyclic) bond motifs is 2. The average molecular weight is 511 g/mol. The van der Waals surface area contributed by atoms with E-state index in [9.17, 15) is 14.7 Å². The fourth-order valence-electron chi connectivity index (χ4n) is 4.83. The van der Waals surface area contributed by atoms with Crippen molar-refractivity contribution < 1.29 is 14.3 Å². The van der Waals surface area contributed by atoms with E-state index < -0.39 is 11.5 Å². The molecule has 0 saturated heterocycles. The van der Waals surface area contributed by atoms with E-state index in [4.69, 9.17) is 4.42 Å².